The first-order chi connectivity index (χ1) is 5.16. The van der Waals surface area contributed by atoms with Crippen LogP contribution in [0.5, 0.6) is 0 Å². The Labute approximate surface area is 65.7 Å². The van der Waals surface area contributed by atoms with E-state index in [4.69, 9.17) is 9.47 Å². The maximum atomic E-state index is 9.40. The molecule has 0 aromatic rings. The van der Waals surface area contributed by atoms with Crippen molar-refractivity contribution >= 4 is 0 Å². The van der Waals surface area contributed by atoms with Gasteiger partial charge in [0, 0.05) is 7.11 Å². The molecule has 0 radical (unpaired) electrons. The summed E-state index contributed by atoms with van der Waals surface area (Å²) in [4.78, 5) is 0. The number of aliphatic hydroxyl groups is 2. The maximum absolute atomic E-state index is 9.40. The first-order valence-electron chi connectivity index (χ1n) is 3.67. The third-order valence-corrected chi connectivity index (χ3v) is 2.00. The van der Waals surface area contributed by atoms with Gasteiger partial charge < -0.3 is 19.7 Å². The fraction of sp³-hybridized carbons (Fsp3) is 1.00. The highest BCUT2D eigenvalue weighted by atomic mass is 16.5. The number of ether oxygens (including phenoxy) is 2. The van der Waals surface area contributed by atoms with E-state index in [-0.39, 0.29) is 12.7 Å². The van der Waals surface area contributed by atoms with Gasteiger partial charge in [-0.3, -0.25) is 0 Å². The standard InChI is InChI=1S/C7H14O4/c1-4-6(9)7(10-2)5(8)3-11-4/h4-9H,3H2,1-2H3/t4-,5+,6?,7-/m0/s1. The van der Waals surface area contributed by atoms with E-state index in [2.05, 4.69) is 0 Å². The third kappa shape index (κ3) is 1.70. The molecule has 11 heavy (non-hydrogen) atoms. The number of aliphatic hydroxyl groups excluding tert-OH is 2. The normalized spacial score (nSPS) is 45.8. The Morgan fingerprint density at radius 1 is 1.45 bits per heavy atom. The molecule has 1 unspecified atom stereocenters. The van der Waals surface area contributed by atoms with E-state index in [9.17, 15) is 10.2 Å². The topological polar surface area (TPSA) is 58.9 Å². The summed E-state index contributed by atoms with van der Waals surface area (Å²) in [6, 6.07) is 0. The quantitative estimate of drug-likeness (QED) is 0.527. The SMILES string of the molecule is CO[C@@H]1C(O)[C@H](C)OC[C@H]1O. The van der Waals surface area contributed by atoms with E-state index in [0.29, 0.717) is 0 Å². The lowest BCUT2D eigenvalue weighted by atomic mass is 10.0. The molecule has 0 spiro atoms. The molecular formula is C7H14O4. The Hall–Kier alpha value is -0.160. The molecule has 0 aliphatic carbocycles. The Bertz CT molecular complexity index is 128. The van der Waals surface area contributed by atoms with Gasteiger partial charge in [0.2, 0.25) is 0 Å². The zero-order valence-corrected chi connectivity index (χ0v) is 6.73. The van der Waals surface area contributed by atoms with Gasteiger partial charge >= 0.3 is 0 Å². The monoisotopic (exact) mass is 162 g/mol. The second-order valence-electron chi connectivity index (χ2n) is 2.80. The second kappa shape index (κ2) is 3.49. The molecular weight excluding hydrogens is 148 g/mol. The molecule has 0 bridgehead atoms. The number of hydrogen-bond donors (Lipinski definition) is 2. The van der Waals surface area contributed by atoms with Gasteiger partial charge in [0.1, 0.15) is 18.3 Å². The number of hydrogen-bond acceptors (Lipinski definition) is 4. The van der Waals surface area contributed by atoms with Crippen molar-refractivity contribution in [1.82, 2.24) is 0 Å². The predicted octanol–water partition coefficient (Wildman–Crippen LogP) is -0.858. The molecule has 0 amide bonds. The third-order valence-electron chi connectivity index (χ3n) is 2.00. The minimum atomic E-state index is -0.733. The summed E-state index contributed by atoms with van der Waals surface area (Å²) in [6.07, 6.45) is -2.22. The fourth-order valence-corrected chi connectivity index (χ4v) is 1.24. The minimum absolute atomic E-state index is 0.233. The molecule has 1 fully saturated rings. The molecule has 0 aromatic carbocycles. The van der Waals surface area contributed by atoms with Gasteiger partial charge in [-0.15, -0.1) is 0 Å². The summed E-state index contributed by atoms with van der Waals surface area (Å²) >= 11 is 0. The average molecular weight is 162 g/mol. The molecule has 1 heterocycles. The van der Waals surface area contributed by atoms with E-state index in [1.165, 1.54) is 7.11 Å². The van der Waals surface area contributed by atoms with Crippen LogP contribution in [-0.4, -0.2) is 48.3 Å². The average Bonchev–Trinajstić information content (AvgIpc) is 1.99. The van der Waals surface area contributed by atoms with Crippen molar-refractivity contribution in [2.45, 2.75) is 31.3 Å². The highest BCUT2D eigenvalue weighted by Gasteiger charge is 2.36. The van der Waals surface area contributed by atoms with Crippen LogP contribution in [-0.2, 0) is 9.47 Å². The van der Waals surface area contributed by atoms with Crippen molar-refractivity contribution in [3.05, 3.63) is 0 Å². The van der Waals surface area contributed by atoms with Gasteiger partial charge in [-0.25, -0.2) is 0 Å². The molecule has 4 heteroatoms. The van der Waals surface area contributed by atoms with Crippen molar-refractivity contribution < 1.29 is 19.7 Å². The van der Waals surface area contributed by atoms with E-state index < -0.39 is 18.3 Å². The van der Waals surface area contributed by atoms with Crippen LogP contribution in [0.2, 0.25) is 0 Å². The Morgan fingerprint density at radius 3 is 2.55 bits per heavy atom. The molecule has 0 saturated carbocycles. The number of rotatable bonds is 1. The minimum Gasteiger partial charge on any atom is -0.388 e. The molecule has 4 atom stereocenters. The predicted molar refractivity (Wildman–Crippen MR) is 38.2 cm³/mol. The molecule has 1 saturated heterocycles. The second-order valence-corrected chi connectivity index (χ2v) is 2.80. The van der Waals surface area contributed by atoms with Crippen LogP contribution in [0.15, 0.2) is 0 Å². The van der Waals surface area contributed by atoms with Crippen molar-refractivity contribution in [2.24, 2.45) is 0 Å². The van der Waals surface area contributed by atoms with Crippen molar-refractivity contribution in [2.75, 3.05) is 13.7 Å². The number of methoxy groups -OCH3 is 1. The summed E-state index contributed by atoms with van der Waals surface area (Å²) in [6.45, 7) is 1.99. The Morgan fingerprint density at radius 2 is 2.09 bits per heavy atom. The van der Waals surface area contributed by atoms with E-state index in [1.54, 1.807) is 6.92 Å². The van der Waals surface area contributed by atoms with Crippen LogP contribution in [0, 0.1) is 0 Å². The summed E-state index contributed by atoms with van der Waals surface area (Å²) in [5, 5.41) is 18.6. The van der Waals surface area contributed by atoms with E-state index in [1.807, 2.05) is 0 Å². The van der Waals surface area contributed by atoms with Gasteiger partial charge in [-0.05, 0) is 6.92 Å². The van der Waals surface area contributed by atoms with Gasteiger partial charge in [-0.1, -0.05) is 0 Å². The summed E-state index contributed by atoms with van der Waals surface area (Å²) in [5.41, 5.74) is 0. The molecule has 0 aromatic heterocycles. The maximum Gasteiger partial charge on any atom is 0.114 e. The molecule has 1 rings (SSSR count). The van der Waals surface area contributed by atoms with Gasteiger partial charge in [0.05, 0.1) is 12.7 Å². The molecule has 1 aliphatic rings. The zero-order valence-electron chi connectivity index (χ0n) is 6.73. The first kappa shape index (κ1) is 8.93. The van der Waals surface area contributed by atoms with Crippen molar-refractivity contribution in [3.63, 3.8) is 0 Å². The molecule has 4 nitrogen and oxygen atoms in total. The Kier molecular flexibility index (Phi) is 2.84. The zero-order chi connectivity index (χ0) is 8.43. The largest absolute Gasteiger partial charge is 0.388 e. The smallest absolute Gasteiger partial charge is 0.114 e. The van der Waals surface area contributed by atoms with Gasteiger partial charge in [-0.2, -0.15) is 0 Å². The lowest BCUT2D eigenvalue weighted by molar-refractivity contribution is -0.190. The van der Waals surface area contributed by atoms with E-state index in [0.717, 1.165) is 0 Å². The summed E-state index contributed by atoms with van der Waals surface area (Å²) in [5.74, 6) is 0. The molecule has 1 aliphatic heterocycles. The fourth-order valence-electron chi connectivity index (χ4n) is 1.24. The molecule has 66 valence electrons. The van der Waals surface area contributed by atoms with Gasteiger partial charge in [0.15, 0.2) is 0 Å². The van der Waals surface area contributed by atoms with Crippen LogP contribution in [0.4, 0.5) is 0 Å². The van der Waals surface area contributed by atoms with Crippen LogP contribution in [0.25, 0.3) is 0 Å². The van der Waals surface area contributed by atoms with Crippen LogP contribution >= 0.6 is 0 Å². The van der Waals surface area contributed by atoms with Crippen molar-refractivity contribution in [1.29, 1.82) is 0 Å². The first-order valence-corrected chi connectivity index (χ1v) is 3.67. The molecule has 2 N–H and O–H groups in total. The van der Waals surface area contributed by atoms with Crippen LogP contribution < -0.4 is 0 Å². The summed E-state index contributed by atoms with van der Waals surface area (Å²) in [7, 11) is 1.47. The summed E-state index contributed by atoms with van der Waals surface area (Å²) < 4.78 is 9.96. The Balaban J connectivity index is 2.55. The lowest BCUT2D eigenvalue weighted by Crippen LogP contribution is -2.52. The van der Waals surface area contributed by atoms with E-state index >= 15 is 0 Å². The highest BCUT2D eigenvalue weighted by molar-refractivity contribution is 4.85. The van der Waals surface area contributed by atoms with Crippen LogP contribution in [0.3, 0.4) is 0 Å². The lowest BCUT2D eigenvalue weighted by Gasteiger charge is -2.35. The highest BCUT2D eigenvalue weighted by Crippen LogP contribution is 2.16. The van der Waals surface area contributed by atoms with Crippen LogP contribution in [0.1, 0.15) is 6.92 Å². The van der Waals surface area contributed by atoms with Gasteiger partial charge in [0.25, 0.3) is 0 Å². The van der Waals surface area contributed by atoms with Crippen molar-refractivity contribution in [3.8, 4) is 0 Å².